The molecule has 0 saturated heterocycles. The molecule has 0 fully saturated rings. The van der Waals surface area contributed by atoms with Crippen molar-refractivity contribution in [1.29, 1.82) is 0 Å². The molecule has 2 aromatic carbocycles. The van der Waals surface area contributed by atoms with Crippen LogP contribution < -0.4 is 4.67 Å². The lowest BCUT2D eigenvalue weighted by atomic mass is 9.90. The maximum atomic E-state index is 15.0. The van der Waals surface area contributed by atoms with Gasteiger partial charge in [0, 0.05) is 5.56 Å². The van der Waals surface area contributed by atoms with Gasteiger partial charge in [0.25, 0.3) is 5.71 Å². The first-order valence-corrected chi connectivity index (χ1v) is 10.6. The minimum absolute atomic E-state index is 0.216. The maximum absolute atomic E-state index is 15.0. The van der Waals surface area contributed by atoms with Crippen LogP contribution in [0.3, 0.4) is 0 Å². The molecule has 0 radical (unpaired) electrons. The zero-order chi connectivity index (χ0) is 24.7. The molecule has 35 heavy (non-hydrogen) atoms. The molecular weight excluding hydrogens is 472 g/mol. The van der Waals surface area contributed by atoms with Gasteiger partial charge in [0.1, 0.15) is 23.7 Å². The van der Waals surface area contributed by atoms with Crippen molar-refractivity contribution < 1.29 is 30.9 Å². The Bertz CT molecular complexity index is 1410. The van der Waals surface area contributed by atoms with E-state index in [1.807, 2.05) is 0 Å². The normalized spacial score (nSPS) is 20.0. The Hall–Kier alpha value is -3.91. The highest BCUT2D eigenvalue weighted by Gasteiger charge is 2.41. The van der Waals surface area contributed by atoms with Crippen molar-refractivity contribution in [1.82, 2.24) is 14.8 Å². The van der Waals surface area contributed by atoms with E-state index in [1.165, 1.54) is 36.4 Å². The van der Waals surface area contributed by atoms with E-state index in [-0.39, 0.29) is 11.4 Å². The third-order valence-corrected chi connectivity index (χ3v) is 5.85. The molecule has 1 aliphatic heterocycles. The SMILES string of the molecule is FC1=CC=CC(F)C1C1=[N+]=C(c2ccc(-c3ccc(-c4noc(C(F)(F)F)n4)cc3)cc2F)CC1. The van der Waals surface area contributed by atoms with Crippen molar-refractivity contribution in [3.8, 4) is 22.5 Å². The van der Waals surface area contributed by atoms with Crippen molar-refractivity contribution in [2.75, 3.05) is 0 Å². The second-order valence-electron chi connectivity index (χ2n) is 8.10. The van der Waals surface area contributed by atoms with Crippen molar-refractivity contribution in [3.63, 3.8) is 0 Å². The van der Waals surface area contributed by atoms with E-state index in [0.717, 1.165) is 0 Å². The predicted molar refractivity (Wildman–Crippen MR) is 117 cm³/mol. The summed E-state index contributed by atoms with van der Waals surface area (Å²) in [5.74, 6) is -3.88. The molecule has 0 bridgehead atoms. The largest absolute Gasteiger partial charge is 0.471 e. The van der Waals surface area contributed by atoms with Gasteiger partial charge in [-0.1, -0.05) is 46.2 Å². The van der Waals surface area contributed by atoms with Crippen LogP contribution in [-0.4, -0.2) is 27.7 Å². The van der Waals surface area contributed by atoms with Crippen LogP contribution >= 0.6 is 0 Å². The minimum Gasteiger partial charge on any atom is -0.329 e. The lowest BCUT2D eigenvalue weighted by Crippen LogP contribution is -2.26. The number of alkyl halides is 4. The van der Waals surface area contributed by atoms with Crippen LogP contribution in [0.4, 0.5) is 26.3 Å². The number of rotatable bonds is 4. The molecule has 2 heterocycles. The molecule has 2 atom stereocenters. The van der Waals surface area contributed by atoms with Gasteiger partial charge in [0.2, 0.25) is 5.82 Å². The topological polar surface area (TPSA) is 53.0 Å². The zero-order valence-electron chi connectivity index (χ0n) is 17.9. The summed E-state index contributed by atoms with van der Waals surface area (Å²) in [4.78, 5) is 3.34. The van der Waals surface area contributed by atoms with Crippen LogP contribution in [0.25, 0.3) is 22.5 Å². The number of hydrogen-bond acceptors (Lipinski definition) is 3. The highest BCUT2D eigenvalue weighted by Crippen LogP contribution is 2.31. The zero-order valence-corrected chi connectivity index (χ0v) is 17.9. The Labute approximate surface area is 195 Å². The third-order valence-electron chi connectivity index (χ3n) is 5.85. The molecule has 0 spiro atoms. The quantitative estimate of drug-likeness (QED) is 0.333. The molecular formula is C25H16F6N3O+. The molecule has 0 N–H and O–H groups in total. The highest BCUT2D eigenvalue weighted by atomic mass is 19.4. The van der Waals surface area contributed by atoms with Gasteiger partial charge >= 0.3 is 17.8 Å². The summed E-state index contributed by atoms with van der Waals surface area (Å²) in [5.41, 5.74) is 2.46. The lowest BCUT2D eigenvalue weighted by Gasteiger charge is -2.13. The number of hydrogen-bond donors (Lipinski definition) is 0. The molecule has 5 rings (SSSR count). The summed E-state index contributed by atoms with van der Waals surface area (Å²) in [6, 6.07) is 10.7. The Morgan fingerprint density at radius 1 is 0.943 bits per heavy atom. The van der Waals surface area contributed by atoms with E-state index in [4.69, 9.17) is 0 Å². The van der Waals surface area contributed by atoms with Crippen LogP contribution in [0.1, 0.15) is 24.3 Å². The van der Waals surface area contributed by atoms with E-state index < -0.39 is 35.8 Å². The van der Waals surface area contributed by atoms with Crippen LogP contribution in [0.5, 0.6) is 0 Å². The van der Waals surface area contributed by atoms with Gasteiger partial charge in [-0.25, -0.2) is 13.2 Å². The van der Waals surface area contributed by atoms with Crippen LogP contribution in [0.2, 0.25) is 0 Å². The van der Waals surface area contributed by atoms with Crippen molar-refractivity contribution in [2.45, 2.75) is 25.2 Å². The molecule has 4 nitrogen and oxygen atoms in total. The summed E-state index contributed by atoms with van der Waals surface area (Å²) in [5, 5.41) is 3.34. The fraction of sp³-hybridized carbons (Fsp3) is 0.200. The van der Waals surface area contributed by atoms with Crippen LogP contribution in [0.15, 0.2) is 71.0 Å². The fourth-order valence-corrected chi connectivity index (χ4v) is 4.11. The van der Waals surface area contributed by atoms with E-state index in [0.29, 0.717) is 41.0 Å². The van der Waals surface area contributed by atoms with Crippen molar-refractivity contribution in [3.05, 3.63) is 83.8 Å². The Balaban J connectivity index is 1.39. The van der Waals surface area contributed by atoms with Crippen molar-refractivity contribution in [2.24, 2.45) is 5.92 Å². The standard InChI is InChI=1S/C25H16F6N3O/c26-17-2-1-3-18(27)22(17)21-11-10-20(32-21)16-9-8-15(12-19(16)28)13-4-6-14(7-5-13)23-33-24(35-34-23)25(29,30)31/h1-9,12,17,22H,10-11H2/q+1. The van der Waals surface area contributed by atoms with Gasteiger partial charge in [0.05, 0.1) is 18.4 Å². The number of halogens is 6. The smallest absolute Gasteiger partial charge is 0.329 e. The van der Waals surface area contributed by atoms with Crippen molar-refractivity contribution >= 4 is 11.4 Å². The fourth-order valence-electron chi connectivity index (χ4n) is 4.11. The minimum atomic E-state index is -4.74. The van der Waals surface area contributed by atoms with E-state index >= 15 is 0 Å². The molecule has 178 valence electrons. The Morgan fingerprint density at radius 3 is 2.31 bits per heavy atom. The summed E-state index contributed by atoms with van der Waals surface area (Å²) < 4.78 is 89.8. The van der Waals surface area contributed by atoms with Gasteiger partial charge in [-0.2, -0.15) is 18.2 Å². The van der Waals surface area contributed by atoms with E-state index in [1.54, 1.807) is 24.3 Å². The molecule has 10 heteroatoms. The van der Waals surface area contributed by atoms with E-state index in [9.17, 15) is 26.3 Å². The summed E-state index contributed by atoms with van der Waals surface area (Å²) >= 11 is 0. The number of benzene rings is 2. The second-order valence-corrected chi connectivity index (χ2v) is 8.10. The number of allylic oxidation sites excluding steroid dienone is 4. The Kier molecular flexibility index (Phi) is 5.68. The summed E-state index contributed by atoms with van der Waals surface area (Å²) in [7, 11) is 0. The predicted octanol–water partition coefficient (Wildman–Crippen LogP) is 6.03. The molecule has 3 aromatic rings. The monoisotopic (exact) mass is 488 g/mol. The Morgan fingerprint density at radius 2 is 1.66 bits per heavy atom. The molecule has 0 saturated carbocycles. The van der Waals surface area contributed by atoms with Gasteiger partial charge in [-0.3, -0.25) is 0 Å². The first-order valence-electron chi connectivity index (χ1n) is 10.6. The molecule has 2 aliphatic rings. The van der Waals surface area contributed by atoms with E-state index in [2.05, 4.69) is 19.3 Å². The second kappa shape index (κ2) is 8.70. The first-order chi connectivity index (χ1) is 16.7. The third kappa shape index (κ3) is 4.44. The molecule has 2 unspecified atom stereocenters. The molecule has 0 amide bonds. The van der Waals surface area contributed by atoms with Gasteiger partial charge < -0.3 is 4.52 Å². The van der Waals surface area contributed by atoms with Crippen LogP contribution in [0, 0.1) is 11.7 Å². The van der Waals surface area contributed by atoms with Gasteiger partial charge in [-0.15, -0.1) is 0 Å². The molecule has 1 aliphatic carbocycles. The average Bonchev–Trinajstić information content (AvgIpc) is 3.50. The summed E-state index contributed by atoms with van der Waals surface area (Å²) in [6.07, 6.45) is -1.75. The summed E-state index contributed by atoms with van der Waals surface area (Å²) in [6.45, 7) is 0. The van der Waals surface area contributed by atoms with Gasteiger partial charge in [0.15, 0.2) is 0 Å². The highest BCUT2D eigenvalue weighted by molar-refractivity contribution is 6.09. The lowest BCUT2D eigenvalue weighted by molar-refractivity contribution is -0.159. The number of aromatic nitrogens is 2. The van der Waals surface area contributed by atoms with Gasteiger partial charge in [-0.05, 0) is 35.4 Å². The first kappa shape index (κ1) is 22.9. The number of nitrogens with zero attached hydrogens (tertiary/aromatic N) is 3. The van der Waals surface area contributed by atoms with Crippen LogP contribution in [-0.2, 0) is 6.18 Å². The average molecular weight is 488 g/mol. The maximum Gasteiger partial charge on any atom is 0.471 e. The molecule has 1 aromatic heterocycles.